The van der Waals surface area contributed by atoms with E-state index in [0.717, 1.165) is 24.0 Å². The maximum atomic E-state index is 8.87. The lowest BCUT2D eigenvalue weighted by atomic mass is 9.94. The maximum Gasteiger partial charge on any atom is 0.0625 e. The van der Waals surface area contributed by atoms with Crippen LogP contribution >= 0.6 is 0 Å². The van der Waals surface area contributed by atoms with Gasteiger partial charge in [-0.05, 0) is 35.1 Å². The van der Waals surface area contributed by atoms with Gasteiger partial charge in [0.1, 0.15) is 0 Å². The molecule has 2 nitrogen and oxygen atoms in total. The zero-order valence-electron chi connectivity index (χ0n) is 12.5. The largest absolute Gasteiger partial charge is 0.198 e. The Bertz CT molecular complexity index is 716. The van der Waals surface area contributed by atoms with Gasteiger partial charge in [0.05, 0.1) is 12.1 Å². The third-order valence-corrected chi connectivity index (χ3v) is 3.56. The average Bonchev–Trinajstić information content (AvgIpc) is 2.57. The minimum absolute atomic E-state index is 0.496. The fraction of sp³-hybridized carbons (Fsp3) is 0.200. The van der Waals surface area contributed by atoms with Gasteiger partial charge in [-0.1, -0.05) is 60.7 Å². The van der Waals surface area contributed by atoms with Crippen LogP contribution in [0, 0.1) is 22.7 Å². The molecular formula is C20H18N2. The van der Waals surface area contributed by atoms with Crippen LogP contribution in [0.5, 0.6) is 0 Å². The van der Waals surface area contributed by atoms with Crippen molar-refractivity contribution in [3.05, 3.63) is 70.8 Å². The summed E-state index contributed by atoms with van der Waals surface area (Å²) in [5, 5.41) is 17.7. The number of nitrogens with zero attached hydrogens (tertiary/aromatic N) is 2. The average molecular weight is 286 g/mol. The van der Waals surface area contributed by atoms with E-state index in [-0.39, 0.29) is 0 Å². The molecule has 108 valence electrons. The van der Waals surface area contributed by atoms with Crippen LogP contribution in [0.2, 0.25) is 0 Å². The minimum atomic E-state index is 0.496. The predicted octanol–water partition coefficient (Wildman–Crippen LogP) is 4.77. The molecule has 0 heterocycles. The Balaban J connectivity index is 2.31. The minimum Gasteiger partial charge on any atom is -0.198 e. The Hall–Kier alpha value is -2.84. The monoisotopic (exact) mass is 286 g/mol. The highest BCUT2D eigenvalue weighted by molar-refractivity contribution is 5.71. The van der Waals surface area contributed by atoms with E-state index < -0.39 is 0 Å². The summed E-state index contributed by atoms with van der Waals surface area (Å²) in [4.78, 5) is 0. The lowest BCUT2D eigenvalue weighted by Gasteiger charge is -2.11. The van der Waals surface area contributed by atoms with Gasteiger partial charge >= 0.3 is 0 Å². The summed E-state index contributed by atoms with van der Waals surface area (Å²) < 4.78 is 0. The topological polar surface area (TPSA) is 47.6 Å². The van der Waals surface area contributed by atoms with Crippen molar-refractivity contribution in [2.75, 3.05) is 0 Å². The van der Waals surface area contributed by atoms with Crippen molar-refractivity contribution in [3.63, 3.8) is 0 Å². The van der Waals surface area contributed by atoms with E-state index in [1.807, 2.05) is 24.3 Å². The van der Waals surface area contributed by atoms with Crippen LogP contribution in [0.15, 0.2) is 48.5 Å². The highest BCUT2D eigenvalue weighted by Gasteiger charge is 2.06. The Morgan fingerprint density at radius 3 is 2.23 bits per heavy atom. The van der Waals surface area contributed by atoms with E-state index in [1.54, 1.807) is 0 Å². The molecule has 0 bridgehead atoms. The van der Waals surface area contributed by atoms with Gasteiger partial charge in [0.2, 0.25) is 0 Å². The summed E-state index contributed by atoms with van der Waals surface area (Å²) in [6.07, 6.45) is 6.65. The summed E-state index contributed by atoms with van der Waals surface area (Å²) in [5.41, 5.74) is 4.64. The van der Waals surface area contributed by atoms with Crippen molar-refractivity contribution in [2.24, 2.45) is 0 Å². The SMILES string of the molecule is N#CCCc1cccc(C=Cc2ccccc2)c1CCC#N. The van der Waals surface area contributed by atoms with Gasteiger partial charge in [-0.2, -0.15) is 10.5 Å². The van der Waals surface area contributed by atoms with E-state index in [4.69, 9.17) is 10.5 Å². The van der Waals surface area contributed by atoms with Crippen molar-refractivity contribution in [2.45, 2.75) is 25.7 Å². The van der Waals surface area contributed by atoms with Crippen molar-refractivity contribution in [1.82, 2.24) is 0 Å². The van der Waals surface area contributed by atoms with Crippen LogP contribution in [0.3, 0.4) is 0 Å². The molecule has 0 aliphatic heterocycles. The van der Waals surface area contributed by atoms with Crippen LogP contribution < -0.4 is 0 Å². The molecule has 2 aromatic rings. The van der Waals surface area contributed by atoms with E-state index >= 15 is 0 Å². The smallest absolute Gasteiger partial charge is 0.0625 e. The summed E-state index contributed by atoms with van der Waals surface area (Å²) >= 11 is 0. The first-order valence-corrected chi connectivity index (χ1v) is 7.43. The molecule has 0 radical (unpaired) electrons. The first-order valence-electron chi connectivity index (χ1n) is 7.43. The van der Waals surface area contributed by atoms with E-state index in [0.29, 0.717) is 12.8 Å². The van der Waals surface area contributed by atoms with Gasteiger partial charge in [-0.25, -0.2) is 0 Å². The molecule has 2 rings (SSSR count). The van der Waals surface area contributed by atoms with Gasteiger partial charge in [0.15, 0.2) is 0 Å². The molecule has 0 unspecified atom stereocenters. The number of benzene rings is 2. The number of rotatable bonds is 6. The zero-order chi connectivity index (χ0) is 15.6. The molecule has 0 fully saturated rings. The lowest BCUT2D eigenvalue weighted by Crippen LogP contribution is -1.97. The third kappa shape index (κ3) is 4.33. The molecule has 0 spiro atoms. The summed E-state index contributed by atoms with van der Waals surface area (Å²) in [6.45, 7) is 0. The van der Waals surface area contributed by atoms with Crippen LogP contribution in [0.1, 0.15) is 35.1 Å². The molecule has 0 saturated heterocycles. The second-order valence-corrected chi connectivity index (χ2v) is 5.05. The molecule has 0 aliphatic carbocycles. The van der Waals surface area contributed by atoms with Crippen molar-refractivity contribution in [3.8, 4) is 12.1 Å². The van der Waals surface area contributed by atoms with Crippen LogP contribution in [0.4, 0.5) is 0 Å². The standard InChI is InChI=1S/C20H18N2/c21-15-5-11-18-9-4-10-19(20(18)12-6-16-22)14-13-17-7-2-1-3-8-17/h1-4,7-10,13-14H,5-6,11-12H2. The van der Waals surface area contributed by atoms with E-state index in [2.05, 4.69) is 48.6 Å². The lowest BCUT2D eigenvalue weighted by molar-refractivity contribution is 0.932. The van der Waals surface area contributed by atoms with E-state index in [9.17, 15) is 0 Å². The normalized spacial score (nSPS) is 10.3. The van der Waals surface area contributed by atoms with Gasteiger partial charge in [0.25, 0.3) is 0 Å². The third-order valence-electron chi connectivity index (χ3n) is 3.56. The molecule has 0 atom stereocenters. The van der Waals surface area contributed by atoms with Crippen molar-refractivity contribution < 1.29 is 0 Å². The first-order chi connectivity index (χ1) is 10.8. The van der Waals surface area contributed by atoms with Crippen LogP contribution in [-0.2, 0) is 12.8 Å². The van der Waals surface area contributed by atoms with Crippen LogP contribution in [0.25, 0.3) is 12.2 Å². The number of aryl methyl sites for hydroxylation is 1. The molecule has 0 saturated carbocycles. The summed E-state index contributed by atoms with van der Waals surface area (Å²) in [6, 6.07) is 20.7. The quantitative estimate of drug-likeness (QED) is 0.718. The van der Waals surface area contributed by atoms with E-state index in [1.165, 1.54) is 11.1 Å². The Morgan fingerprint density at radius 2 is 1.50 bits per heavy atom. The fourth-order valence-electron chi connectivity index (χ4n) is 2.47. The highest BCUT2D eigenvalue weighted by atomic mass is 14.2. The summed E-state index contributed by atoms with van der Waals surface area (Å²) in [7, 11) is 0. The Kier molecular flexibility index (Phi) is 5.97. The molecule has 2 aromatic carbocycles. The molecule has 0 amide bonds. The summed E-state index contributed by atoms with van der Waals surface area (Å²) in [5.74, 6) is 0. The first kappa shape index (κ1) is 15.5. The molecule has 0 aromatic heterocycles. The zero-order valence-corrected chi connectivity index (χ0v) is 12.5. The van der Waals surface area contributed by atoms with Gasteiger partial charge < -0.3 is 0 Å². The van der Waals surface area contributed by atoms with Crippen LogP contribution in [-0.4, -0.2) is 0 Å². The van der Waals surface area contributed by atoms with Gasteiger partial charge in [0, 0.05) is 12.8 Å². The Morgan fingerprint density at radius 1 is 0.773 bits per heavy atom. The van der Waals surface area contributed by atoms with Crippen molar-refractivity contribution in [1.29, 1.82) is 10.5 Å². The highest BCUT2D eigenvalue weighted by Crippen LogP contribution is 2.21. The molecule has 0 aliphatic rings. The molecule has 22 heavy (non-hydrogen) atoms. The van der Waals surface area contributed by atoms with Gasteiger partial charge in [-0.3, -0.25) is 0 Å². The number of hydrogen-bond donors (Lipinski definition) is 0. The predicted molar refractivity (Wildman–Crippen MR) is 89.7 cm³/mol. The molecule has 0 N–H and O–H groups in total. The number of hydrogen-bond acceptors (Lipinski definition) is 2. The fourth-order valence-corrected chi connectivity index (χ4v) is 2.47. The second kappa shape index (κ2) is 8.45. The molecule has 2 heteroatoms. The van der Waals surface area contributed by atoms with Crippen molar-refractivity contribution >= 4 is 12.2 Å². The molecular weight excluding hydrogens is 268 g/mol. The maximum absolute atomic E-state index is 8.87. The van der Waals surface area contributed by atoms with Gasteiger partial charge in [-0.15, -0.1) is 0 Å². The Labute approximate surface area is 132 Å². The number of nitriles is 2. The second-order valence-electron chi connectivity index (χ2n) is 5.05.